The number of anilines is 1. The van der Waals surface area contributed by atoms with Crippen LogP contribution in [-0.2, 0) is 11.2 Å². The van der Waals surface area contributed by atoms with E-state index in [0.717, 1.165) is 18.5 Å². The summed E-state index contributed by atoms with van der Waals surface area (Å²) in [4.78, 5) is 26.5. The molecule has 136 valence electrons. The highest BCUT2D eigenvalue weighted by atomic mass is 16.5. The Morgan fingerprint density at radius 2 is 1.96 bits per heavy atom. The number of hydrogen-bond acceptors (Lipinski definition) is 4. The van der Waals surface area contributed by atoms with Crippen molar-refractivity contribution >= 4 is 17.4 Å². The molecule has 0 aliphatic carbocycles. The molecule has 1 aliphatic rings. The molecule has 0 saturated carbocycles. The topological polar surface area (TPSA) is 55.8 Å². The summed E-state index contributed by atoms with van der Waals surface area (Å²) < 4.78 is 10.9. The number of carbonyl (C=O) groups excluding carboxylic acids is 2. The van der Waals surface area contributed by atoms with Crippen molar-refractivity contribution in [3.8, 4) is 11.5 Å². The monoisotopic (exact) mass is 353 g/mol. The van der Waals surface area contributed by atoms with Crippen molar-refractivity contribution in [2.24, 2.45) is 0 Å². The van der Waals surface area contributed by atoms with Gasteiger partial charge in [-0.15, -0.1) is 0 Å². The molecule has 1 amide bonds. The van der Waals surface area contributed by atoms with Crippen LogP contribution < -0.4 is 14.4 Å². The van der Waals surface area contributed by atoms with Crippen molar-refractivity contribution < 1.29 is 19.1 Å². The number of fused-ring (bicyclic) bond motifs is 1. The van der Waals surface area contributed by atoms with Crippen LogP contribution in [0.1, 0.15) is 36.2 Å². The highest BCUT2D eigenvalue weighted by molar-refractivity contribution is 5.98. The average Bonchev–Trinajstić information content (AvgIpc) is 2.65. The third kappa shape index (κ3) is 3.57. The van der Waals surface area contributed by atoms with Crippen LogP contribution in [-0.4, -0.2) is 31.4 Å². The first kappa shape index (κ1) is 18.0. The van der Waals surface area contributed by atoms with Gasteiger partial charge in [0.15, 0.2) is 12.4 Å². The van der Waals surface area contributed by atoms with Crippen LogP contribution >= 0.6 is 0 Å². The van der Waals surface area contributed by atoms with Gasteiger partial charge in [-0.25, -0.2) is 0 Å². The molecule has 5 heteroatoms. The molecule has 2 aromatic carbocycles. The fourth-order valence-corrected chi connectivity index (χ4v) is 3.31. The zero-order valence-corrected chi connectivity index (χ0v) is 15.3. The van der Waals surface area contributed by atoms with Gasteiger partial charge in [0.2, 0.25) is 0 Å². The number of ketones is 1. The number of nitrogens with zero attached hydrogens (tertiary/aromatic N) is 1. The van der Waals surface area contributed by atoms with Crippen molar-refractivity contribution in [2.45, 2.75) is 32.7 Å². The minimum atomic E-state index is -0.136. The smallest absolute Gasteiger partial charge is 0.265 e. The molecular formula is C21H23NO4. The SMILES string of the molecule is COc1ccc(OCC(=O)N2c3ccccc3CCC2C)c(C(C)=O)c1. The molecule has 0 N–H and O–H groups in total. The summed E-state index contributed by atoms with van der Waals surface area (Å²) in [6, 6.07) is 13.1. The van der Waals surface area contributed by atoms with Crippen LogP contribution in [0.2, 0.25) is 0 Å². The Morgan fingerprint density at radius 3 is 2.69 bits per heavy atom. The van der Waals surface area contributed by atoms with Crippen molar-refractivity contribution in [2.75, 3.05) is 18.6 Å². The largest absolute Gasteiger partial charge is 0.497 e. The van der Waals surface area contributed by atoms with Gasteiger partial charge in [-0.05, 0) is 56.5 Å². The summed E-state index contributed by atoms with van der Waals surface area (Å²) in [5, 5.41) is 0. The van der Waals surface area contributed by atoms with Crippen LogP contribution in [0.15, 0.2) is 42.5 Å². The van der Waals surface area contributed by atoms with E-state index in [4.69, 9.17) is 9.47 Å². The van der Waals surface area contributed by atoms with E-state index in [1.807, 2.05) is 25.1 Å². The van der Waals surface area contributed by atoms with Gasteiger partial charge in [0.1, 0.15) is 11.5 Å². The van der Waals surface area contributed by atoms with Crippen LogP contribution in [0.3, 0.4) is 0 Å². The summed E-state index contributed by atoms with van der Waals surface area (Å²) in [6.07, 6.45) is 1.89. The number of para-hydroxylation sites is 1. The molecule has 0 radical (unpaired) electrons. The van der Waals surface area contributed by atoms with Gasteiger partial charge in [0, 0.05) is 11.7 Å². The van der Waals surface area contributed by atoms with Crippen LogP contribution in [0.4, 0.5) is 5.69 Å². The van der Waals surface area contributed by atoms with E-state index in [9.17, 15) is 9.59 Å². The Balaban J connectivity index is 1.78. The van der Waals surface area contributed by atoms with Gasteiger partial charge in [0.05, 0.1) is 12.7 Å². The Hall–Kier alpha value is -2.82. The van der Waals surface area contributed by atoms with E-state index in [2.05, 4.69) is 6.07 Å². The number of ether oxygens (including phenoxy) is 2. The van der Waals surface area contributed by atoms with Gasteiger partial charge in [-0.1, -0.05) is 18.2 Å². The maximum atomic E-state index is 12.8. The number of amides is 1. The number of carbonyl (C=O) groups is 2. The molecule has 2 aromatic rings. The Morgan fingerprint density at radius 1 is 1.19 bits per heavy atom. The molecule has 0 bridgehead atoms. The third-order valence-corrected chi connectivity index (χ3v) is 4.71. The Kier molecular flexibility index (Phi) is 5.26. The minimum Gasteiger partial charge on any atom is -0.497 e. The summed E-state index contributed by atoms with van der Waals surface area (Å²) in [5.41, 5.74) is 2.53. The number of benzene rings is 2. The van der Waals surface area contributed by atoms with Gasteiger partial charge >= 0.3 is 0 Å². The number of hydrogen-bond donors (Lipinski definition) is 0. The second-order valence-corrected chi connectivity index (χ2v) is 6.49. The summed E-state index contributed by atoms with van der Waals surface area (Å²) in [6.45, 7) is 3.39. The maximum absolute atomic E-state index is 12.8. The molecule has 0 saturated heterocycles. The zero-order valence-electron chi connectivity index (χ0n) is 15.3. The van der Waals surface area contributed by atoms with Crippen LogP contribution in [0, 0.1) is 0 Å². The molecule has 5 nitrogen and oxygen atoms in total. The van der Waals surface area contributed by atoms with Crippen molar-refractivity contribution in [3.63, 3.8) is 0 Å². The van der Waals surface area contributed by atoms with Crippen LogP contribution in [0.25, 0.3) is 0 Å². The molecule has 3 rings (SSSR count). The Labute approximate surface area is 153 Å². The number of Topliss-reactive ketones (excluding diaryl/α,β-unsaturated/α-hetero) is 1. The van der Waals surface area contributed by atoms with Gasteiger partial charge in [-0.2, -0.15) is 0 Å². The molecule has 1 aliphatic heterocycles. The zero-order chi connectivity index (χ0) is 18.7. The molecule has 26 heavy (non-hydrogen) atoms. The molecule has 1 atom stereocenters. The van der Waals surface area contributed by atoms with Crippen LogP contribution in [0.5, 0.6) is 11.5 Å². The van der Waals surface area contributed by atoms with E-state index in [1.54, 1.807) is 30.2 Å². The predicted octanol–water partition coefficient (Wildman–Crippen LogP) is 3.64. The van der Waals surface area contributed by atoms with Crippen molar-refractivity contribution in [1.29, 1.82) is 0 Å². The minimum absolute atomic E-state index is 0.115. The van der Waals surface area contributed by atoms with Gasteiger partial charge in [0.25, 0.3) is 5.91 Å². The average molecular weight is 353 g/mol. The molecule has 1 unspecified atom stereocenters. The molecule has 0 fully saturated rings. The van der Waals surface area contributed by atoms with E-state index in [0.29, 0.717) is 17.1 Å². The molecular weight excluding hydrogens is 330 g/mol. The second-order valence-electron chi connectivity index (χ2n) is 6.49. The number of methoxy groups -OCH3 is 1. The highest BCUT2D eigenvalue weighted by Gasteiger charge is 2.28. The Bertz CT molecular complexity index is 831. The van der Waals surface area contributed by atoms with Gasteiger partial charge in [-0.3, -0.25) is 9.59 Å². The van der Waals surface area contributed by atoms with Gasteiger partial charge < -0.3 is 14.4 Å². The summed E-state index contributed by atoms with van der Waals surface area (Å²) in [5.74, 6) is 0.718. The fourth-order valence-electron chi connectivity index (χ4n) is 3.31. The lowest BCUT2D eigenvalue weighted by atomic mass is 9.96. The maximum Gasteiger partial charge on any atom is 0.265 e. The molecule has 1 heterocycles. The van der Waals surface area contributed by atoms with E-state index in [-0.39, 0.29) is 24.3 Å². The first-order valence-corrected chi connectivity index (χ1v) is 8.73. The fraction of sp³-hybridized carbons (Fsp3) is 0.333. The first-order valence-electron chi connectivity index (χ1n) is 8.73. The predicted molar refractivity (Wildman–Crippen MR) is 100 cm³/mol. The lowest BCUT2D eigenvalue weighted by molar-refractivity contribution is -0.121. The van der Waals surface area contributed by atoms with E-state index in [1.165, 1.54) is 12.5 Å². The quantitative estimate of drug-likeness (QED) is 0.770. The molecule has 0 aromatic heterocycles. The summed E-state index contributed by atoms with van der Waals surface area (Å²) in [7, 11) is 1.54. The second kappa shape index (κ2) is 7.60. The highest BCUT2D eigenvalue weighted by Crippen LogP contribution is 2.31. The standard InChI is InChI=1S/C21H23NO4/c1-14-8-9-16-6-4-5-7-19(16)22(14)21(24)13-26-20-11-10-17(25-3)12-18(20)15(2)23/h4-7,10-12,14H,8-9,13H2,1-3H3. The normalized spacial score (nSPS) is 16.0. The first-order chi connectivity index (χ1) is 12.5. The lowest BCUT2D eigenvalue weighted by Gasteiger charge is -2.35. The van der Waals surface area contributed by atoms with Crippen molar-refractivity contribution in [1.82, 2.24) is 0 Å². The van der Waals surface area contributed by atoms with E-state index < -0.39 is 0 Å². The number of rotatable bonds is 5. The van der Waals surface area contributed by atoms with Crippen molar-refractivity contribution in [3.05, 3.63) is 53.6 Å². The number of aryl methyl sites for hydroxylation is 1. The lowest BCUT2D eigenvalue weighted by Crippen LogP contribution is -2.44. The third-order valence-electron chi connectivity index (χ3n) is 4.71. The molecule has 0 spiro atoms. The summed E-state index contributed by atoms with van der Waals surface area (Å²) >= 11 is 0. The van der Waals surface area contributed by atoms with E-state index >= 15 is 0 Å².